The number of rotatable bonds is 2. The first-order valence-electron chi connectivity index (χ1n) is 4.26. The van der Waals surface area contributed by atoms with Crippen LogP contribution in [0.1, 0.15) is 0 Å². The Morgan fingerprint density at radius 3 is 1.54 bits per heavy atom. The van der Waals surface area contributed by atoms with Crippen molar-refractivity contribution in [2.75, 3.05) is 43.7 Å². The highest BCUT2D eigenvalue weighted by Gasteiger charge is 2.01. The van der Waals surface area contributed by atoms with Gasteiger partial charge in [0, 0.05) is 45.3 Å². The monoisotopic (exact) mass is 179 g/mol. The third-order valence-corrected chi connectivity index (χ3v) is 1.96. The van der Waals surface area contributed by atoms with Gasteiger partial charge in [-0.15, -0.1) is 0 Å². The lowest BCUT2D eigenvalue weighted by Gasteiger charge is -2.18. The molecule has 1 rings (SSSR count). The molecule has 1 aromatic carbocycles. The fourth-order valence-electron chi connectivity index (χ4n) is 1.13. The minimum atomic E-state index is 0.801. The average molecular weight is 179 g/mol. The predicted octanol–water partition coefficient (Wildman–Crippen LogP) is 1.40. The number of nitrogens with two attached hydrogens (primary N) is 1. The zero-order valence-electron chi connectivity index (χ0n) is 8.70. The van der Waals surface area contributed by atoms with Crippen molar-refractivity contribution in [1.82, 2.24) is 0 Å². The smallest absolute Gasteiger partial charge is 0.0402 e. The maximum Gasteiger partial charge on any atom is 0.0402 e. The molecule has 0 aliphatic carbocycles. The molecule has 0 unspecified atom stereocenters. The summed E-state index contributed by atoms with van der Waals surface area (Å²) in [6.07, 6.45) is 0. The Labute approximate surface area is 79.8 Å². The van der Waals surface area contributed by atoms with Gasteiger partial charge in [0.15, 0.2) is 0 Å². The van der Waals surface area contributed by atoms with Crippen LogP contribution in [0.2, 0.25) is 0 Å². The van der Waals surface area contributed by atoms with Gasteiger partial charge in [0.25, 0.3) is 0 Å². The van der Waals surface area contributed by atoms with Crippen molar-refractivity contribution in [2.24, 2.45) is 0 Å². The maximum atomic E-state index is 5.78. The Morgan fingerprint density at radius 2 is 1.23 bits per heavy atom. The standard InChI is InChI=1S/C10H17N3/c1-12(2)9-5-8(11)6-10(7-9)13(3)4/h5-7H,11H2,1-4H3. The summed E-state index contributed by atoms with van der Waals surface area (Å²) < 4.78 is 0. The van der Waals surface area contributed by atoms with Crippen molar-refractivity contribution in [1.29, 1.82) is 0 Å². The Hall–Kier alpha value is -1.38. The quantitative estimate of drug-likeness (QED) is 0.696. The van der Waals surface area contributed by atoms with Crippen LogP contribution >= 0.6 is 0 Å². The summed E-state index contributed by atoms with van der Waals surface area (Å²) >= 11 is 0. The van der Waals surface area contributed by atoms with Crippen molar-refractivity contribution < 1.29 is 0 Å². The van der Waals surface area contributed by atoms with Gasteiger partial charge in [-0.25, -0.2) is 0 Å². The average Bonchev–Trinajstić information content (AvgIpc) is 2.03. The van der Waals surface area contributed by atoms with Gasteiger partial charge in [-0.1, -0.05) is 0 Å². The van der Waals surface area contributed by atoms with Crippen LogP contribution in [0.25, 0.3) is 0 Å². The van der Waals surface area contributed by atoms with E-state index in [0.717, 1.165) is 17.1 Å². The first-order valence-corrected chi connectivity index (χ1v) is 4.26. The van der Waals surface area contributed by atoms with Crippen molar-refractivity contribution in [3.8, 4) is 0 Å². The molecule has 0 amide bonds. The van der Waals surface area contributed by atoms with Gasteiger partial charge in [0.2, 0.25) is 0 Å². The summed E-state index contributed by atoms with van der Waals surface area (Å²) in [7, 11) is 8.03. The van der Waals surface area contributed by atoms with Crippen LogP contribution in [0, 0.1) is 0 Å². The largest absolute Gasteiger partial charge is 0.399 e. The molecule has 0 atom stereocenters. The van der Waals surface area contributed by atoms with Gasteiger partial charge >= 0.3 is 0 Å². The van der Waals surface area contributed by atoms with Crippen LogP contribution in [-0.2, 0) is 0 Å². The second kappa shape index (κ2) is 3.56. The van der Waals surface area contributed by atoms with E-state index in [1.807, 2.05) is 50.1 Å². The summed E-state index contributed by atoms with van der Waals surface area (Å²) in [5.74, 6) is 0. The normalized spacial score (nSPS) is 9.85. The predicted molar refractivity (Wildman–Crippen MR) is 59.5 cm³/mol. The molecule has 0 saturated heterocycles. The maximum absolute atomic E-state index is 5.78. The number of anilines is 3. The second-order valence-corrected chi connectivity index (χ2v) is 3.57. The lowest BCUT2D eigenvalue weighted by molar-refractivity contribution is 1.10. The molecular weight excluding hydrogens is 162 g/mol. The van der Waals surface area contributed by atoms with Crippen LogP contribution in [0.4, 0.5) is 17.1 Å². The van der Waals surface area contributed by atoms with Gasteiger partial charge in [-0.05, 0) is 18.2 Å². The fraction of sp³-hybridized carbons (Fsp3) is 0.400. The molecule has 0 heterocycles. The van der Waals surface area contributed by atoms with Gasteiger partial charge in [-0.3, -0.25) is 0 Å². The molecule has 3 nitrogen and oxygen atoms in total. The summed E-state index contributed by atoms with van der Waals surface area (Å²) in [4.78, 5) is 4.09. The van der Waals surface area contributed by atoms with E-state index in [1.165, 1.54) is 0 Å². The molecule has 0 fully saturated rings. The van der Waals surface area contributed by atoms with Gasteiger partial charge < -0.3 is 15.5 Å². The lowest BCUT2D eigenvalue weighted by Crippen LogP contribution is -2.13. The topological polar surface area (TPSA) is 32.5 Å². The van der Waals surface area contributed by atoms with E-state index in [9.17, 15) is 0 Å². The number of hydrogen-bond donors (Lipinski definition) is 1. The molecule has 72 valence electrons. The highest BCUT2D eigenvalue weighted by Crippen LogP contribution is 2.23. The molecule has 3 heteroatoms. The number of nitrogen functional groups attached to an aromatic ring is 1. The van der Waals surface area contributed by atoms with E-state index < -0.39 is 0 Å². The first-order chi connectivity index (χ1) is 6.00. The molecule has 0 spiro atoms. The van der Waals surface area contributed by atoms with E-state index in [-0.39, 0.29) is 0 Å². The highest BCUT2D eigenvalue weighted by atomic mass is 15.1. The minimum Gasteiger partial charge on any atom is -0.399 e. The molecule has 13 heavy (non-hydrogen) atoms. The molecule has 0 aliphatic rings. The third kappa shape index (κ3) is 2.28. The van der Waals surface area contributed by atoms with Crippen LogP contribution in [0.15, 0.2) is 18.2 Å². The van der Waals surface area contributed by atoms with Crippen molar-refractivity contribution in [3.63, 3.8) is 0 Å². The molecule has 0 aromatic heterocycles. The fourth-order valence-corrected chi connectivity index (χ4v) is 1.13. The molecule has 0 radical (unpaired) electrons. The summed E-state index contributed by atoms with van der Waals surface area (Å²) in [6, 6.07) is 6.04. The van der Waals surface area contributed by atoms with E-state index in [0.29, 0.717) is 0 Å². The Balaban J connectivity index is 3.11. The minimum absolute atomic E-state index is 0.801. The summed E-state index contributed by atoms with van der Waals surface area (Å²) in [5.41, 5.74) is 8.84. The van der Waals surface area contributed by atoms with Crippen LogP contribution in [-0.4, -0.2) is 28.2 Å². The molecule has 1 aromatic rings. The summed E-state index contributed by atoms with van der Waals surface area (Å²) in [6.45, 7) is 0. The number of hydrogen-bond acceptors (Lipinski definition) is 3. The van der Waals surface area contributed by atoms with Gasteiger partial charge in [0.1, 0.15) is 0 Å². The second-order valence-electron chi connectivity index (χ2n) is 3.57. The van der Waals surface area contributed by atoms with E-state index in [1.54, 1.807) is 0 Å². The zero-order chi connectivity index (χ0) is 10.0. The van der Waals surface area contributed by atoms with Crippen molar-refractivity contribution in [3.05, 3.63) is 18.2 Å². The summed E-state index contributed by atoms with van der Waals surface area (Å²) in [5, 5.41) is 0. The van der Waals surface area contributed by atoms with E-state index >= 15 is 0 Å². The Morgan fingerprint density at radius 1 is 0.846 bits per heavy atom. The SMILES string of the molecule is CN(C)c1cc(N)cc(N(C)C)c1. The van der Waals surface area contributed by atoms with E-state index in [4.69, 9.17) is 5.73 Å². The molecule has 2 N–H and O–H groups in total. The lowest BCUT2D eigenvalue weighted by atomic mass is 10.2. The van der Waals surface area contributed by atoms with Crippen LogP contribution in [0.3, 0.4) is 0 Å². The molecule has 0 saturated carbocycles. The Kier molecular flexibility index (Phi) is 2.66. The van der Waals surface area contributed by atoms with Crippen LogP contribution in [0.5, 0.6) is 0 Å². The van der Waals surface area contributed by atoms with Crippen LogP contribution < -0.4 is 15.5 Å². The van der Waals surface area contributed by atoms with Crippen molar-refractivity contribution in [2.45, 2.75) is 0 Å². The Bertz CT molecular complexity index is 266. The van der Waals surface area contributed by atoms with Gasteiger partial charge in [-0.2, -0.15) is 0 Å². The highest BCUT2D eigenvalue weighted by molar-refractivity contribution is 5.66. The third-order valence-electron chi connectivity index (χ3n) is 1.96. The molecule has 0 aliphatic heterocycles. The zero-order valence-corrected chi connectivity index (χ0v) is 8.70. The van der Waals surface area contributed by atoms with Crippen molar-refractivity contribution >= 4 is 17.1 Å². The number of nitrogens with zero attached hydrogens (tertiary/aromatic N) is 2. The van der Waals surface area contributed by atoms with E-state index in [2.05, 4.69) is 6.07 Å². The number of benzene rings is 1. The molecule has 0 bridgehead atoms. The molecular formula is C10H17N3. The van der Waals surface area contributed by atoms with Gasteiger partial charge in [0.05, 0.1) is 0 Å². The first kappa shape index (κ1) is 9.71.